The summed E-state index contributed by atoms with van der Waals surface area (Å²) < 4.78 is 0. The molecule has 1 aliphatic heterocycles. The number of carbonyl (C=O) groups is 1. The number of rotatable bonds is 5. The molecule has 2 N–H and O–H groups in total. The third-order valence-corrected chi connectivity index (χ3v) is 3.77. The molecule has 4 nitrogen and oxygen atoms in total. The van der Waals surface area contributed by atoms with E-state index in [2.05, 4.69) is 10.2 Å². The van der Waals surface area contributed by atoms with Gasteiger partial charge in [-0.15, -0.1) is 0 Å². The van der Waals surface area contributed by atoms with Gasteiger partial charge in [0.25, 0.3) is 0 Å². The van der Waals surface area contributed by atoms with Crippen molar-refractivity contribution in [3.8, 4) is 5.75 Å². The van der Waals surface area contributed by atoms with Gasteiger partial charge < -0.3 is 15.3 Å². The molecule has 0 aromatic heterocycles. The van der Waals surface area contributed by atoms with Crippen molar-refractivity contribution in [3.05, 3.63) is 23.8 Å². The first-order chi connectivity index (χ1) is 10.7. The van der Waals surface area contributed by atoms with Crippen LogP contribution in [0.1, 0.15) is 52.0 Å². The first kappa shape index (κ1) is 18.5. The number of piperidine rings is 1. The lowest BCUT2D eigenvalue weighted by molar-refractivity contribution is -0.116. The maximum absolute atomic E-state index is 11.9. The van der Waals surface area contributed by atoms with Crippen LogP contribution in [0.4, 0.5) is 5.69 Å². The highest BCUT2D eigenvalue weighted by molar-refractivity contribution is 5.91. The van der Waals surface area contributed by atoms with Crippen molar-refractivity contribution in [1.82, 2.24) is 4.90 Å². The number of carbonyl (C=O) groups excluding carboxylic acids is 1. The standard InChI is InChI=1S/C16H24N2O2.C2H6/c1-2-13-10-14(12-15(19)11-13)17-16(20)6-9-18-7-4-3-5-8-18;1-2/h10-12,19H,2-9H2,1H3,(H,17,20);1-2H3. The minimum atomic E-state index is 0.0169. The molecule has 2 rings (SSSR count). The van der Waals surface area contributed by atoms with E-state index in [9.17, 15) is 9.90 Å². The summed E-state index contributed by atoms with van der Waals surface area (Å²) in [5, 5.41) is 12.5. The van der Waals surface area contributed by atoms with Crippen LogP contribution in [0.25, 0.3) is 0 Å². The smallest absolute Gasteiger partial charge is 0.225 e. The molecule has 1 fully saturated rings. The zero-order chi connectivity index (χ0) is 16.4. The number of hydrogen-bond acceptors (Lipinski definition) is 3. The summed E-state index contributed by atoms with van der Waals surface area (Å²) in [7, 11) is 0. The van der Waals surface area contributed by atoms with Crippen LogP contribution < -0.4 is 5.32 Å². The van der Waals surface area contributed by atoms with Crippen LogP contribution in [-0.2, 0) is 11.2 Å². The van der Waals surface area contributed by atoms with Gasteiger partial charge in [0.15, 0.2) is 0 Å². The van der Waals surface area contributed by atoms with Gasteiger partial charge in [0.1, 0.15) is 5.75 Å². The van der Waals surface area contributed by atoms with Gasteiger partial charge >= 0.3 is 0 Å². The van der Waals surface area contributed by atoms with Gasteiger partial charge in [-0.2, -0.15) is 0 Å². The van der Waals surface area contributed by atoms with Crippen LogP contribution in [-0.4, -0.2) is 35.5 Å². The fourth-order valence-electron chi connectivity index (χ4n) is 2.62. The predicted octanol–water partition coefficient (Wildman–Crippen LogP) is 3.80. The highest BCUT2D eigenvalue weighted by atomic mass is 16.3. The lowest BCUT2D eigenvalue weighted by Crippen LogP contribution is -2.32. The predicted molar refractivity (Wildman–Crippen MR) is 92.4 cm³/mol. The monoisotopic (exact) mass is 306 g/mol. The Labute approximate surface area is 134 Å². The summed E-state index contributed by atoms with van der Waals surface area (Å²) in [5.41, 5.74) is 1.71. The number of phenolic OH excluding ortho intramolecular Hbond substituents is 1. The number of hydrogen-bond donors (Lipinski definition) is 2. The molecule has 1 aromatic carbocycles. The Morgan fingerprint density at radius 2 is 1.86 bits per heavy atom. The van der Waals surface area contributed by atoms with E-state index in [-0.39, 0.29) is 11.7 Å². The highest BCUT2D eigenvalue weighted by Crippen LogP contribution is 2.20. The number of nitrogens with zero attached hydrogens (tertiary/aromatic N) is 1. The summed E-state index contributed by atoms with van der Waals surface area (Å²) in [4.78, 5) is 14.3. The maximum atomic E-state index is 11.9. The number of anilines is 1. The van der Waals surface area contributed by atoms with Crippen molar-refractivity contribution >= 4 is 11.6 Å². The molecule has 1 heterocycles. The second kappa shape index (κ2) is 10.2. The van der Waals surface area contributed by atoms with E-state index < -0.39 is 0 Å². The van der Waals surface area contributed by atoms with Crippen LogP contribution in [0.3, 0.4) is 0 Å². The Hall–Kier alpha value is -1.55. The van der Waals surface area contributed by atoms with E-state index in [4.69, 9.17) is 0 Å². The molecule has 4 heteroatoms. The van der Waals surface area contributed by atoms with Crippen LogP contribution in [0.15, 0.2) is 18.2 Å². The number of phenols is 1. The van der Waals surface area contributed by atoms with Gasteiger partial charge in [0, 0.05) is 24.7 Å². The molecule has 1 aromatic rings. The summed E-state index contributed by atoms with van der Waals surface area (Å²) in [6.07, 6.45) is 5.15. The first-order valence-corrected chi connectivity index (χ1v) is 8.52. The van der Waals surface area contributed by atoms with Gasteiger partial charge in [-0.25, -0.2) is 0 Å². The SMILES string of the molecule is CC.CCc1cc(O)cc(NC(=O)CCN2CCCCC2)c1. The lowest BCUT2D eigenvalue weighted by atomic mass is 10.1. The largest absolute Gasteiger partial charge is 0.508 e. The quantitative estimate of drug-likeness (QED) is 0.870. The number of benzene rings is 1. The minimum absolute atomic E-state index is 0.0169. The molecule has 1 aliphatic rings. The average molecular weight is 306 g/mol. The topological polar surface area (TPSA) is 52.6 Å². The molecule has 0 radical (unpaired) electrons. The molecular weight excluding hydrogens is 276 g/mol. The number of aromatic hydroxyl groups is 1. The van der Waals surface area contributed by atoms with E-state index in [0.717, 1.165) is 31.6 Å². The Morgan fingerprint density at radius 1 is 1.18 bits per heavy atom. The molecule has 0 atom stereocenters. The van der Waals surface area contributed by atoms with Crippen LogP contribution in [0, 0.1) is 0 Å². The molecule has 0 saturated carbocycles. The summed E-state index contributed by atoms with van der Waals surface area (Å²) in [6.45, 7) is 9.07. The molecule has 22 heavy (non-hydrogen) atoms. The molecule has 0 unspecified atom stereocenters. The zero-order valence-electron chi connectivity index (χ0n) is 14.2. The summed E-state index contributed by atoms with van der Waals surface area (Å²) in [5.74, 6) is 0.221. The van der Waals surface area contributed by atoms with Gasteiger partial charge in [-0.05, 0) is 50.0 Å². The van der Waals surface area contributed by atoms with Crippen LogP contribution >= 0.6 is 0 Å². The number of nitrogens with one attached hydrogen (secondary N) is 1. The van der Waals surface area contributed by atoms with Crippen LogP contribution in [0.5, 0.6) is 5.75 Å². The second-order valence-corrected chi connectivity index (χ2v) is 5.44. The average Bonchev–Trinajstić information content (AvgIpc) is 2.55. The van der Waals surface area contributed by atoms with Crippen molar-refractivity contribution in [2.75, 3.05) is 25.0 Å². The molecule has 0 aliphatic carbocycles. The fourth-order valence-corrected chi connectivity index (χ4v) is 2.62. The van der Waals surface area contributed by atoms with E-state index in [1.165, 1.54) is 19.3 Å². The summed E-state index contributed by atoms with van der Waals surface area (Å²) >= 11 is 0. The molecule has 0 bridgehead atoms. The van der Waals surface area contributed by atoms with E-state index >= 15 is 0 Å². The van der Waals surface area contributed by atoms with Gasteiger partial charge in [-0.1, -0.05) is 27.2 Å². The third-order valence-electron chi connectivity index (χ3n) is 3.77. The van der Waals surface area contributed by atoms with E-state index in [1.54, 1.807) is 12.1 Å². The fraction of sp³-hybridized carbons (Fsp3) is 0.611. The minimum Gasteiger partial charge on any atom is -0.508 e. The molecule has 0 spiro atoms. The van der Waals surface area contributed by atoms with Gasteiger partial charge in [-0.3, -0.25) is 4.79 Å². The van der Waals surface area contributed by atoms with Crippen molar-refractivity contribution in [3.63, 3.8) is 0 Å². The van der Waals surface area contributed by atoms with Gasteiger partial charge in [0.05, 0.1) is 0 Å². The Kier molecular flexibility index (Phi) is 8.60. The van der Waals surface area contributed by atoms with Crippen molar-refractivity contribution in [2.45, 2.75) is 52.9 Å². The summed E-state index contributed by atoms with van der Waals surface area (Å²) in [6, 6.07) is 5.24. The number of likely N-dealkylation sites (tertiary alicyclic amines) is 1. The van der Waals surface area contributed by atoms with E-state index in [0.29, 0.717) is 12.1 Å². The third kappa shape index (κ3) is 6.48. The second-order valence-electron chi connectivity index (χ2n) is 5.44. The van der Waals surface area contributed by atoms with Gasteiger partial charge in [0.2, 0.25) is 5.91 Å². The van der Waals surface area contributed by atoms with Crippen molar-refractivity contribution in [2.24, 2.45) is 0 Å². The molecule has 1 saturated heterocycles. The Bertz CT molecular complexity index is 454. The van der Waals surface area contributed by atoms with Crippen molar-refractivity contribution in [1.29, 1.82) is 0 Å². The zero-order valence-corrected chi connectivity index (χ0v) is 14.2. The first-order valence-electron chi connectivity index (χ1n) is 8.52. The lowest BCUT2D eigenvalue weighted by Gasteiger charge is -2.25. The van der Waals surface area contributed by atoms with Crippen LogP contribution in [0.2, 0.25) is 0 Å². The molecule has 1 amide bonds. The highest BCUT2D eigenvalue weighted by Gasteiger charge is 2.12. The number of amides is 1. The Balaban J connectivity index is 0.00000116. The van der Waals surface area contributed by atoms with Crippen molar-refractivity contribution < 1.29 is 9.90 Å². The number of aryl methyl sites for hydroxylation is 1. The van der Waals surface area contributed by atoms with E-state index in [1.807, 2.05) is 26.8 Å². The Morgan fingerprint density at radius 3 is 2.50 bits per heavy atom. The molecule has 124 valence electrons. The normalized spacial score (nSPS) is 14.9. The maximum Gasteiger partial charge on any atom is 0.225 e. The molecular formula is C18H30N2O2.